The minimum atomic E-state index is -0.831. The van der Waals surface area contributed by atoms with Crippen molar-refractivity contribution in [2.75, 3.05) is 19.0 Å². The molecule has 1 N–H and O–H groups in total. The van der Waals surface area contributed by atoms with Crippen molar-refractivity contribution in [2.45, 2.75) is 6.42 Å². The number of methoxy groups -OCH3 is 1. The zero-order valence-corrected chi connectivity index (χ0v) is 18.9. The second-order valence-corrected chi connectivity index (χ2v) is 7.65. The molecule has 1 heterocycles. The number of nitrogens with one attached hydrogen (secondary N) is 1. The molecular formula is C25H19N3O8. The van der Waals surface area contributed by atoms with E-state index in [1.54, 1.807) is 31.4 Å². The summed E-state index contributed by atoms with van der Waals surface area (Å²) in [7, 11) is 1.54. The number of rotatable bonds is 8. The Morgan fingerprint density at radius 1 is 0.944 bits per heavy atom. The fourth-order valence-electron chi connectivity index (χ4n) is 3.61. The van der Waals surface area contributed by atoms with Gasteiger partial charge in [-0.3, -0.25) is 34.2 Å². The molecule has 182 valence electrons. The molecule has 4 rings (SSSR count). The van der Waals surface area contributed by atoms with Gasteiger partial charge in [0.25, 0.3) is 23.4 Å². The lowest BCUT2D eigenvalue weighted by atomic mass is 10.1. The molecule has 0 atom stereocenters. The standard InChI is InChI=1S/C25H19N3O8/c1-35-17-11-7-16(8-12-17)26-23(30)15-5-9-18(10-6-15)36-21(29)13-14-27-24(31)19-3-2-4-20(28(33)34)22(19)25(27)32/h2-12H,13-14H2,1H3,(H,26,30). The molecule has 0 radical (unpaired) electrons. The number of ether oxygens (including phenoxy) is 2. The smallest absolute Gasteiger partial charge is 0.312 e. The van der Waals surface area contributed by atoms with E-state index in [0.29, 0.717) is 17.0 Å². The van der Waals surface area contributed by atoms with Crippen molar-refractivity contribution in [3.8, 4) is 11.5 Å². The van der Waals surface area contributed by atoms with E-state index in [9.17, 15) is 29.3 Å². The molecule has 0 unspecified atom stereocenters. The van der Waals surface area contributed by atoms with Crippen LogP contribution in [0.25, 0.3) is 0 Å². The maximum absolute atomic E-state index is 12.6. The Morgan fingerprint density at radius 3 is 2.25 bits per heavy atom. The molecular weight excluding hydrogens is 470 g/mol. The number of carbonyl (C=O) groups excluding carboxylic acids is 4. The summed E-state index contributed by atoms with van der Waals surface area (Å²) in [5, 5.41) is 13.9. The molecule has 0 bridgehead atoms. The third kappa shape index (κ3) is 4.89. The molecule has 0 fully saturated rings. The Balaban J connectivity index is 1.33. The topological polar surface area (TPSA) is 145 Å². The average Bonchev–Trinajstić information content (AvgIpc) is 3.12. The van der Waals surface area contributed by atoms with Gasteiger partial charge in [-0.2, -0.15) is 0 Å². The first-order valence-corrected chi connectivity index (χ1v) is 10.7. The fraction of sp³-hybridized carbons (Fsp3) is 0.120. The monoisotopic (exact) mass is 489 g/mol. The van der Waals surface area contributed by atoms with Crippen LogP contribution >= 0.6 is 0 Å². The van der Waals surface area contributed by atoms with Crippen LogP contribution in [0.4, 0.5) is 11.4 Å². The summed E-state index contributed by atoms with van der Waals surface area (Å²) < 4.78 is 10.3. The third-order valence-corrected chi connectivity index (χ3v) is 5.41. The number of imide groups is 1. The molecule has 36 heavy (non-hydrogen) atoms. The lowest BCUT2D eigenvalue weighted by Crippen LogP contribution is -2.32. The summed E-state index contributed by atoms with van der Waals surface area (Å²) in [4.78, 5) is 61.0. The van der Waals surface area contributed by atoms with Gasteiger partial charge in [0.1, 0.15) is 17.1 Å². The maximum atomic E-state index is 12.6. The minimum Gasteiger partial charge on any atom is -0.497 e. The zero-order chi connectivity index (χ0) is 25.8. The molecule has 0 saturated carbocycles. The summed E-state index contributed by atoms with van der Waals surface area (Å²) in [6.45, 7) is -0.301. The number of nitrogens with zero attached hydrogens (tertiary/aromatic N) is 2. The van der Waals surface area contributed by atoms with Crippen molar-refractivity contribution in [1.29, 1.82) is 0 Å². The highest BCUT2D eigenvalue weighted by molar-refractivity contribution is 6.23. The fourth-order valence-corrected chi connectivity index (χ4v) is 3.61. The molecule has 0 saturated heterocycles. The number of carbonyl (C=O) groups is 4. The molecule has 3 amide bonds. The second-order valence-electron chi connectivity index (χ2n) is 7.65. The van der Waals surface area contributed by atoms with E-state index in [1.807, 2.05) is 0 Å². The van der Waals surface area contributed by atoms with E-state index >= 15 is 0 Å². The van der Waals surface area contributed by atoms with Crippen LogP contribution < -0.4 is 14.8 Å². The highest BCUT2D eigenvalue weighted by Gasteiger charge is 2.40. The van der Waals surface area contributed by atoms with Gasteiger partial charge >= 0.3 is 5.97 Å². The molecule has 11 heteroatoms. The SMILES string of the molecule is COc1ccc(NC(=O)c2ccc(OC(=O)CCN3C(=O)c4cccc([N+](=O)[O-])c4C3=O)cc2)cc1. The van der Waals surface area contributed by atoms with Gasteiger partial charge in [-0.05, 0) is 54.6 Å². The van der Waals surface area contributed by atoms with Crippen molar-refractivity contribution < 1.29 is 33.6 Å². The number of hydrogen-bond donors (Lipinski definition) is 1. The van der Waals surface area contributed by atoms with Crippen molar-refractivity contribution >= 4 is 35.1 Å². The Bertz CT molecular complexity index is 1370. The van der Waals surface area contributed by atoms with Crippen molar-refractivity contribution in [1.82, 2.24) is 4.90 Å². The number of benzene rings is 3. The first-order chi connectivity index (χ1) is 17.3. The Hall–Kier alpha value is -5.06. The Morgan fingerprint density at radius 2 is 1.61 bits per heavy atom. The first kappa shape index (κ1) is 24.1. The largest absolute Gasteiger partial charge is 0.497 e. The molecule has 3 aromatic rings. The van der Waals surface area contributed by atoms with E-state index in [0.717, 1.165) is 11.0 Å². The molecule has 0 aromatic heterocycles. The second kappa shape index (κ2) is 10.1. The Labute approximate surface area is 204 Å². The Kier molecular flexibility index (Phi) is 6.72. The van der Waals surface area contributed by atoms with Gasteiger partial charge in [0.15, 0.2) is 0 Å². The summed E-state index contributed by atoms with van der Waals surface area (Å²) in [5.74, 6) is -1.81. The predicted molar refractivity (Wildman–Crippen MR) is 126 cm³/mol. The van der Waals surface area contributed by atoms with Crippen molar-refractivity contribution in [3.63, 3.8) is 0 Å². The van der Waals surface area contributed by atoms with Gasteiger partial charge in [0, 0.05) is 23.9 Å². The number of anilines is 1. The van der Waals surface area contributed by atoms with Crippen LogP contribution in [0, 0.1) is 10.1 Å². The summed E-state index contributed by atoms with van der Waals surface area (Å²) in [5.41, 5.74) is 0.0792. The van der Waals surface area contributed by atoms with Crippen LogP contribution in [0.1, 0.15) is 37.5 Å². The van der Waals surface area contributed by atoms with Gasteiger partial charge in [-0.15, -0.1) is 0 Å². The molecule has 1 aliphatic rings. The van der Waals surface area contributed by atoms with E-state index in [4.69, 9.17) is 9.47 Å². The number of nitro benzene ring substituents is 1. The summed E-state index contributed by atoms with van der Waals surface area (Å²) in [6, 6.07) is 16.4. The van der Waals surface area contributed by atoms with E-state index in [1.165, 1.54) is 36.4 Å². The molecule has 1 aliphatic heterocycles. The van der Waals surface area contributed by atoms with Crippen LogP contribution in [-0.4, -0.2) is 47.2 Å². The van der Waals surface area contributed by atoms with Crippen LogP contribution in [0.5, 0.6) is 11.5 Å². The average molecular weight is 489 g/mol. The van der Waals surface area contributed by atoms with Crippen LogP contribution in [-0.2, 0) is 4.79 Å². The number of nitro groups is 1. The summed E-state index contributed by atoms with van der Waals surface area (Å²) >= 11 is 0. The molecule has 0 aliphatic carbocycles. The predicted octanol–water partition coefficient (Wildman–Crippen LogP) is 3.45. The van der Waals surface area contributed by atoms with Crippen molar-refractivity contribution in [3.05, 3.63) is 93.5 Å². The van der Waals surface area contributed by atoms with Gasteiger partial charge in [-0.25, -0.2) is 0 Å². The van der Waals surface area contributed by atoms with E-state index in [-0.39, 0.29) is 35.7 Å². The lowest BCUT2D eigenvalue weighted by molar-refractivity contribution is -0.385. The van der Waals surface area contributed by atoms with Crippen LogP contribution in [0.2, 0.25) is 0 Å². The van der Waals surface area contributed by atoms with E-state index in [2.05, 4.69) is 5.32 Å². The maximum Gasteiger partial charge on any atom is 0.312 e. The molecule has 0 spiro atoms. The van der Waals surface area contributed by atoms with Gasteiger partial charge in [-0.1, -0.05) is 6.07 Å². The van der Waals surface area contributed by atoms with Crippen LogP contribution in [0.3, 0.4) is 0 Å². The van der Waals surface area contributed by atoms with Gasteiger partial charge in [0.05, 0.1) is 24.0 Å². The van der Waals surface area contributed by atoms with Gasteiger partial charge in [0.2, 0.25) is 0 Å². The molecule has 11 nitrogen and oxygen atoms in total. The molecule has 3 aromatic carbocycles. The number of amides is 3. The van der Waals surface area contributed by atoms with Crippen LogP contribution in [0.15, 0.2) is 66.7 Å². The number of fused-ring (bicyclic) bond motifs is 1. The normalized spacial score (nSPS) is 12.2. The third-order valence-electron chi connectivity index (χ3n) is 5.41. The van der Waals surface area contributed by atoms with Gasteiger partial charge < -0.3 is 14.8 Å². The van der Waals surface area contributed by atoms with Crippen molar-refractivity contribution in [2.24, 2.45) is 0 Å². The highest BCUT2D eigenvalue weighted by Crippen LogP contribution is 2.30. The highest BCUT2D eigenvalue weighted by atomic mass is 16.6. The zero-order valence-electron chi connectivity index (χ0n) is 18.9. The quantitative estimate of drug-likeness (QED) is 0.166. The van der Waals surface area contributed by atoms with E-state index < -0.39 is 28.4 Å². The number of esters is 1. The summed E-state index contributed by atoms with van der Waals surface area (Å²) in [6.07, 6.45) is -0.320. The number of hydrogen-bond acceptors (Lipinski definition) is 8. The first-order valence-electron chi connectivity index (χ1n) is 10.7. The lowest BCUT2D eigenvalue weighted by Gasteiger charge is -2.13. The minimum absolute atomic E-state index is 0.0777.